The molecule has 2 aromatic rings. The Hall–Kier alpha value is -2.67. The van der Waals surface area contributed by atoms with E-state index < -0.39 is 24.5 Å². The van der Waals surface area contributed by atoms with E-state index in [-0.39, 0.29) is 13.0 Å². The molecule has 1 amide bonds. The lowest BCUT2D eigenvalue weighted by atomic mass is 9.97. The van der Waals surface area contributed by atoms with Gasteiger partial charge in [-0.05, 0) is 31.9 Å². The number of benzene rings is 1. The van der Waals surface area contributed by atoms with Crippen molar-refractivity contribution in [3.63, 3.8) is 0 Å². The maximum Gasteiger partial charge on any atom is 0.341 e. The number of ether oxygens (including phenoxy) is 2. The summed E-state index contributed by atoms with van der Waals surface area (Å²) in [5.74, 6) is -1.47. The second-order valence-corrected chi connectivity index (χ2v) is 6.83. The Labute approximate surface area is 162 Å². The monoisotopic (exact) mass is 389 g/mol. The average Bonchev–Trinajstić information content (AvgIpc) is 3.03. The molecule has 0 aliphatic rings. The predicted molar refractivity (Wildman–Crippen MR) is 105 cm³/mol. The van der Waals surface area contributed by atoms with E-state index in [2.05, 4.69) is 5.32 Å². The number of carbonyl (C=O) groups is 3. The summed E-state index contributed by atoms with van der Waals surface area (Å²) in [6, 6.07) is 5.95. The van der Waals surface area contributed by atoms with Crippen LogP contribution in [-0.4, -0.2) is 31.1 Å². The first-order valence-electron chi connectivity index (χ1n) is 8.69. The summed E-state index contributed by atoms with van der Waals surface area (Å²) >= 11 is 1.23. The molecular formula is C20H23NO5S. The summed E-state index contributed by atoms with van der Waals surface area (Å²) in [6.45, 7) is 7.17. The van der Waals surface area contributed by atoms with E-state index in [0.29, 0.717) is 16.1 Å². The third-order valence-electron chi connectivity index (χ3n) is 3.85. The molecule has 0 fully saturated rings. The summed E-state index contributed by atoms with van der Waals surface area (Å²) < 4.78 is 10.0. The summed E-state index contributed by atoms with van der Waals surface area (Å²) in [4.78, 5) is 35.8. The van der Waals surface area contributed by atoms with E-state index >= 15 is 0 Å². The molecule has 0 saturated heterocycles. The molecule has 0 radical (unpaired) electrons. The van der Waals surface area contributed by atoms with Crippen LogP contribution in [0.4, 0.5) is 5.00 Å². The van der Waals surface area contributed by atoms with Gasteiger partial charge < -0.3 is 14.8 Å². The lowest BCUT2D eigenvalue weighted by molar-refractivity contribution is -0.146. The van der Waals surface area contributed by atoms with Gasteiger partial charge in [-0.2, -0.15) is 0 Å². The number of carbonyl (C=O) groups excluding carboxylic acids is 3. The number of aryl methyl sites for hydroxylation is 2. The number of esters is 2. The Balaban J connectivity index is 2.35. The predicted octanol–water partition coefficient (Wildman–Crippen LogP) is 4.10. The van der Waals surface area contributed by atoms with E-state index in [1.165, 1.54) is 11.3 Å². The molecule has 1 heterocycles. The first kappa shape index (κ1) is 20.6. The van der Waals surface area contributed by atoms with Gasteiger partial charge in [0.05, 0.1) is 6.61 Å². The van der Waals surface area contributed by atoms with Gasteiger partial charge in [0.1, 0.15) is 10.6 Å². The largest absolute Gasteiger partial charge is 0.462 e. The van der Waals surface area contributed by atoms with Crippen LogP contribution in [0.25, 0.3) is 11.1 Å². The van der Waals surface area contributed by atoms with Gasteiger partial charge in [-0.1, -0.05) is 30.7 Å². The highest BCUT2D eigenvalue weighted by Gasteiger charge is 2.23. The zero-order chi connectivity index (χ0) is 20.0. The molecule has 0 unspecified atom stereocenters. The number of hydrogen-bond donors (Lipinski definition) is 1. The van der Waals surface area contributed by atoms with Crippen molar-refractivity contribution in [3.8, 4) is 11.1 Å². The summed E-state index contributed by atoms with van der Waals surface area (Å²) in [5.41, 5.74) is 4.06. The molecule has 27 heavy (non-hydrogen) atoms. The SMILES string of the molecule is CCOC(=O)c1c(-c2ccc(C)cc2C)csc1NC(=O)COC(=O)CC. The van der Waals surface area contributed by atoms with Crippen LogP contribution in [0.3, 0.4) is 0 Å². The van der Waals surface area contributed by atoms with Crippen molar-refractivity contribution in [2.45, 2.75) is 34.1 Å². The molecule has 2 rings (SSSR count). The molecule has 1 N–H and O–H groups in total. The molecule has 0 aliphatic heterocycles. The Bertz CT molecular complexity index is 856. The van der Waals surface area contributed by atoms with Gasteiger partial charge in [0.15, 0.2) is 6.61 Å². The quantitative estimate of drug-likeness (QED) is 0.721. The van der Waals surface area contributed by atoms with E-state index in [1.54, 1.807) is 13.8 Å². The zero-order valence-corrected chi connectivity index (χ0v) is 16.7. The number of nitrogens with one attached hydrogen (secondary N) is 1. The Morgan fingerprint density at radius 3 is 2.44 bits per heavy atom. The minimum atomic E-state index is -0.505. The van der Waals surface area contributed by atoms with Crippen LogP contribution in [0.5, 0.6) is 0 Å². The first-order chi connectivity index (χ1) is 12.9. The molecule has 6 nitrogen and oxygen atoms in total. The lowest BCUT2D eigenvalue weighted by Crippen LogP contribution is -2.21. The van der Waals surface area contributed by atoms with Crippen molar-refractivity contribution >= 4 is 34.2 Å². The number of rotatable bonds is 7. The summed E-state index contributed by atoms with van der Waals surface area (Å²) in [6.07, 6.45) is 0.192. The van der Waals surface area contributed by atoms with Crippen molar-refractivity contribution in [2.75, 3.05) is 18.5 Å². The maximum atomic E-state index is 12.5. The van der Waals surface area contributed by atoms with Gasteiger partial charge in [-0.3, -0.25) is 9.59 Å². The minimum Gasteiger partial charge on any atom is -0.462 e. The fourth-order valence-corrected chi connectivity index (χ4v) is 3.55. The number of hydrogen-bond acceptors (Lipinski definition) is 6. The van der Waals surface area contributed by atoms with E-state index in [4.69, 9.17) is 9.47 Å². The molecule has 0 saturated carbocycles. The molecular weight excluding hydrogens is 366 g/mol. The second kappa shape index (κ2) is 9.32. The number of anilines is 1. The van der Waals surface area contributed by atoms with Crippen LogP contribution in [-0.2, 0) is 19.1 Å². The Morgan fingerprint density at radius 1 is 1.07 bits per heavy atom. The van der Waals surface area contributed by atoms with Crippen molar-refractivity contribution in [1.29, 1.82) is 0 Å². The van der Waals surface area contributed by atoms with Crippen molar-refractivity contribution in [2.24, 2.45) is 0 Å². The molecule has 0 bridgehead atoms. The van der Waals surface area contributed by atoms with Crippen molar-refractivity contribution in [3.05, 3.63) is 40.3 Å². The van der Waals surface area contributed by atoms with Gasteiger partial charge >= 0.3 is 11.9 Å². The minimum absolute atomic E-state index is 0.192. The van der Waals surface area contributed by atoms with Gasteiger partial charge in [0.2, 0.25) is 0 Å². The highest BCUT2D eigenvalue weighted by atomic mass is 32.1. The highest BCUT2D eigenvalue weighted by Crippen LogP contribution is 2.37. The molecule has 0 aliphatic carbocycles. The van der Waals surface area contributed by atoms with Gasteiger partial charge in [0, 0.05) is 17.4 Å². The number of amides is 1. The van der Waals surface area contributed by atoms with Crippen molar-refractivity contribution < 1.29 is 23.9 Å². The summed E-state index contributed by atoms with van der Waals surface area (Å²) in [7, 11) is 0. The van der Waals surface area contributed by atoms with Crippen LogP contribution in [0.2, 0.25) is 0 Å². The van der Waals surface area contributed by atoms with Crippen LogP contribution < -0.4 is 5.32 Å². The first-order valence-corrected chi connectivity index (χ1v) is 9.57. The molecule has 7 heteroatoms. The van der Waals surface area contributed by atoms with Gasteiger partial charge in [-0.25, -0.2) is 4.79 Å². The smallest absolute Gasteiger partial charge is 0.341 e. The lowest BCUT2D eigenvalue weighted by Gasteiger charge is -2.11. The third-order valence-corrected chi connectivity index (χ3v) is 4.74. The second-order valence-electron chi connectivity index (χ2n) is 5.95. The molecule has 1 aromatic heterocycles. The normalized spacial score (nSPS) is 10.4. The molecule has 0 atom stereocenters. The molecule has 0 spiro atoms. The fraction of sp³-hybridized carbons (Fsp3) is 0.350. The molecule has 1 aromatic carbocycles. The Kier molecular flexibility index (Phi) is 7.12. The van der Waals surface area contributed by atoms with E-state index in [0.717, 1.165) is 16.7 Å². The van der Waals surface area contributed by atoms with Gasteiger partial charge in [0.25, 0.3) is 5.91 Å². The zero-order valence-electron chi connectivity index (χ0n) is 15.9. The van der Waals surface area contributed by atoms with Crippen LogP contribution in [0.1, 0.15) is 41.8 Å². The standard InChI is InChI=1S/C20H23NO5S/c1-5-17(23)26-10-16(22)21-19-18(20(24)25-6-2)15(11-27-19)14-8-7-12(3)9-13(14)4/h7-9,11H,5-6,10H2,1-4H3,(H,21,22). The van der Waals surface area contributed by atoms with Crippen LogP contribution >= 0.6 is 11.3 Å². The topological polar surface area (TPSA) is 81.7 Å². The maximum absolute atomic E-state index is 12.5. The third kappa shape index (κ3) is 5.17. The van der Waals surface area contributed by atoms with E-state index in [9.17, 15) is 14.4 Å². The highest BCUT2D eigenvalue weighted by molar-refractivity contribution is 7.15. The van der Waals surface area contributed by atoms with Crippen LogP contribution in [0, 0.1) is 13.8 Å². The van der Waals surface area contributed by atoms with E-state index in [1.807, 2.05) is 37.4 Å². The van der Waals surface area contributed by atoms with Gasteiger partial charge in [-0.15, -0.1) is 11.3 Å². The average molecular weight is 389 g/mol. The Morgan fingerprint density at radius 2 is 1.81 bits per heavy atom. The number of thiophene rings is 1. The van der Waals surface area contributed by atoms with Crippen LogP contribution in [0.15, 0.2) is 23.6 Å². The molecule has 144 valence electrons. The summed E-state index contributed by atoms with van der Waals surface area (Å²) in [5, 5.41) is 4.84. The fourth-order valence-electron chi connectivity index (χ4n) is 2.58. The van der Waals surface area contributed by atoms with Crippen molar-refractivity contribution in [1.82, 2.24) is 0 Å².